The van der Waals surface area contributed by atoms with Gasteiger partial charge in [-0.25, -0.2) is 0 Å². The maximum Gasteiger partial charge on any atom is 0.0406 e. The zero-order chi connectivity index (χ0) is 14.7. The van der Waals surface area contributed by atoms with Gasteiger partial charge in [-0.2, -0.15) is 0 Å². The standard InChI is InChI=1S/C19H22ClN/c1-2-11-21-19(14-7-9-18(20)10-8-14)17-12-15-5-3-4-6-16(15)13-17/h3-10,17,19,21H,2,11-13H2,1H3. The lowest BCUT2D eigenvalue weighted by Crippen LogP contribution is -2.29. The number of fused-ring (bicyclic) bond motifs is 1. The summed E-state index contributed by atoms with van der Waals surface area (Å²) in [6.07, 6.45) is 3.49. The van der Waals surface area contributed by atoms with Gasteiger partial charge in [0.1, 0.15) is 0 Å². The average Bonchev–Trinajstić information content (AvgIpc) is 2.93. The lowest BCUT2D eigenvalue weighted by Gasteiger charge is -2.25. The van der Waals surface area contributed by atoms with Gasteiger partial charge >= 0.3 is 0 Å². The Morgan fingerprint density at radius 2 is 1.67 bits per heavy atom. The molecule has 0 amide bonds. The van der Waals surface area contributed by atoms with E-state index in [4.69, 9.17) is 11.6 Å². The van der Waals surface area contributed by atoms with Crippen LogP contribution in [0.25, 0.3) is 0 Å². The zero-order valence-electron chi connectivity index (χ0n) is 12.5. The Kier molecular flexibility index (Phi) is 4.62. The summed E-state index contributed by atoms with van der Waals surface area (Å²) in [6.45, 7) is 3.27. The van der Waals surface area contributed by atoms with Crippen LogP contribution >= 0.6 is 11.6 Å². The molecular formula is C19H22ClN. The Hall–Kier alpha value is -1.31. The lowest BCUT2D eigenvalue weighted by molar-refractivity contribution is 0.374. The molecule has 110 valence electrons. The highest BCUT2D eigenvalue weighted by Gasteiger charge is 2.29. The fourth-order valence-corrected chi connectivity index (χ4v) is 3.48. The van der Waals surface area contributed by atoms with Crippen LogP contribution in [0.2, 0.25) is 5.02 Å². The molecule has 1 aliphatic carbocycles. The van der Waals surface area contributed by atoms with Crippen LogP contribution in [-0.2, 0) is 12.8 Å². The minimum absolute atomic E-state index is 0.412. The number of hydrogen-bond donors (Lipinski definition) is 1. The minimum Gasteiger partial charge on any atom is -0.310 e. The van der Waals surface area contributed by atoms with Gasteiger partial charge in [-0.1, -0.05) is 54.9 Å². The fourth-order valence-electron chi connectivity index (χ4n) is 3.36. The quantitative estimate of drug-likeness (QED) is 0.836. The van der Waals surface area contributed by atoms with Crippen molar-refractivity contribution in [1.82, 2.24) is 5.32 Å². The second-order valence-electron chi connectivity index (χ2n) is 5.92. The minimum atomic E-state index is 0.412. The average molecular weight is 300 g/mol. The molecule has 0 spiro atoms. The molecule has 21 heavy (non-hydrogen) atoms. The van der Waals surface area contributed by atoms with Crippen LogP contribution < -0.4 is 5.32 Å². The molecule has 0 aromatic heterocycles. The van der Waals surface area contributed by atoms with E-state index in [0.29, 0.717) is 12.0 Å². The summed E-state index contributed by atoms with van der Waals surface area (Å²) in [7, 11) is 0. The highest BCUT2D eigenvalue weighted by atomic mass is 35.5. The molecule has 0 bridgehead atoms. The molecular weight excluding hydrogens is 278 g/mol. The van der Waals surface area contributed by atoms with E-state index in [1.165, 1.54) is 29.5 Å². The van der Waals surface area contributed by atoms with Crippen molar-refractivity contribution in [3.8, 4) is 0 Å². The highest BCUT2D eigenvalue weighted by molar-refractivity contribution is 6.30. The predicted octanol–water partition coefficient (Wildman–Crippen LogP) is 4.80. The van der Waals surface area contributed by atoms with Crippen LogP contribution in [0.3, 0.4) is 0 Å². The molecule has 0 aliphatic heterocycles. The largest absolute Gasteiger partial charge is 0.310 e. The summed E-state index contributed by atoms with van der Waals surface area (Å²) in [4.78, 5) is 0. The van der Waals surface area contributed by atoms with Gasteiger partial charge < -0.3 is 5.32 Å². The third-order valence-electron chi connectivity index (χ3n) is 4.40. The normalized spacial score (nSPS) is 15.9. The molecule has 0 radical (unpaired) electrons. The van der Waals surface area contributed by atoms with Crippen LogP contribution in [-0.4, -0.2) is 6.54 Å². The van der Waals surface area contributed by atoms with E-state index >= 15 is 0 Å². The second kappa shape index (κ2) is 6.64. The first-order chi connectivity index (χ1) is 10.3. The van der Waals surface area contributed by atoms with Gasteiger partial charge in [-0.05, 0) is 60.5 Å². The molecule has 1 atom stereocenters. The Balaban J connectivity index is 1.82. The summed E-state index contributed by atoms with van der Waals surface area (Å²) in [5.74, 6) is 0.634. The highest BCUT2D eigenvalue weighted by Crippen LogP contribution is 2.35. The first-order valence-corrected chi connectivity index (χ1v) is 8.21. The van der Waals surface area contributed by atoms with Gasteiger partial charge in [0, 0.05) is 11.1 Å². The van der Waals surface area contributed by atoms with Crippen molar-refractivity contribution in [3.05, 3.63) is 70.2 Å². The summed E-state index contributed by atoms with van der Waals surface area (Å²) in [5, 5.41) is 4.55. The molecule has 0 saturated carbocycles. The fraction of sp³-hybridized carbons (Fsp3) is 0.368. The Morgan fingerprint density at radius 3 is 2.24 bits per heavy atom. The predicted molar refractivity (Wildman–Crippen MR) is 89.8 cm³/mol. The summed E-state index contributed by atoms with van der Waals surface area (Å²) in [5.41, 5.74) is 4.38. The van der Waals surface area contributed by atoms with E-state index in [0.717, 1.165) is 18.0 Å². The molecule has 1 nitrogen and oxygen atoms in total. The van der Waals surface area contributed by atoms with Crippen LogP contribution in [0.15, 0.2) is 48.5 Å². The third-order valence-corrected chi connectivity index (χ3v) is 4.65. The van der Waals surface area contributed by atoms with Crippen LogP contribution in [0.1, 0.15) is 36.1 Å². The van der Waals surface area contributed by atoms with Crippen molar-refractivity contribution in [2.24, 2.45) is 5.92 Å². The molecule has 0 heterocycles. The molecule has 1 unspecified atom stereocenters. The van der Waals surface area contributed by atoms with Crippen molar-refractivity contribution in [1.29, 1.82) is 0 Å². The van der Waals surface area contributed by atoms with Crippen molar-refractivity contribution in [3.63, 3.8) is 0 Å². The monoisotopic (exact) mass is 299 g/mol. The Bertz CT molecular complexity index is 566. The Morgan fingerprint density at radius 1 is 1.05 bits per heavy atom. The van der Waals surface area contributed by atoms with Gasteiger partial charge in [-0.15, -0.1) is 0 Å². The number of hydrogen-bond acceptors (Lipinski definition) is 1. The van der Waals surface area contributed by atoms with E-state index in [2.05, 4.69) is 48.6 Å². The summed E-state index contributed by atoms with van der Waals surface area (Å²) in [6, 6.07) is 17.6. The lowest BCUT2D eigenvalue weighted by atomic mass is 9.90. The summed E-state index contributed by atoms with van der Waals surface area (Å²) < 4.78 is 0. The number of rotatable bonds is 5. The third kappa shape index (κ3) is 3.30. The van der Waals surface area contributed by atoms with E-state index < -0.39 is 0 Å². The molecule has 3 rings (SSSR count). The van der Waals surface area contributed by atoms with E-state index in [-0.39, 0.29) is 0 Å². The van der Waals surface area contributed by atoms with E-state index in [9.17, 15) is 0 Å². The molecule has 1 aliphatic rings. The molecule has 2 aromatic rings. The number of nitrogens with one attached hydrogen (secondary N) is 1. The van der Waals surface area contributed by atoms with Crippen molar-refractivity contribution < 1.29 is 0 Å². The van der Waals surface area contributed by atoms with Crippen LogP contribution in [0.4, 0.5) is 0 Å². The van der Waals surface area contributed by atoms with Gasteiger partial charge in [0.25, 0.3) is 0 Å². The van der Waals surface area contributed by atoms with Gasteiger partial charge in [0.15, 0.2) is 0 Å². The van der Waals surface area contributed by atoms with Crippen molar-refractivity contribution in [2.75, 3.05) is 6.54 Å². The molecule has 2 aromatic carbocycles. The summed E-state index contributed by atoms with van der Waals surface area (Å²) >= 11 is 6.03. The Labute approximate surface area is 132 Å². The van der Waals surface area contributed by atoms with E-state index in [1.807, 2.05) is 12.1 Å². The number of halogens is 1. The van der Waals surface area contributed by atoms with Crippen molar-refractivity contribution in [2.45, 2.75) is 32.2 Å². The smallest absolute Gasteiger partial charge is 0.0406 e. The SMILES string of the molecule is CCCNC(c1ccc(Cl)cc1)C1Cc2ccccc2C1. The molecule has 2 heteroatoms. The van der Waals surface area contributed by atoms with Crippen LogP contribution in [0.5, 0.6) is 0 Å². The molecule has 0 saturated heterocycles. The first kappa shape index (κ1) is 14.6. The topological polar surface area (TPSA) is 12.0 Å². The zero-order valence-corrected chi connectivity index (χ0v) is 13.2. The second-order valence-corrected chi connectivity index (χ2v) is 6.36. The maximum atomic E-state index is 6.03. The van der Waals surface area contributed by atoms with Gasteiger partial charge in [0.05, 0.1) is 0 Å². The molecule has 0 fully saturated rings. The molecule has 1 N–H and O–H groups in total. The van der Waals surface area contributed by atoms with Gasteiger partial charge in [0.2, 0.25) is 0 Å². The van der Waals surface area contributed by atoms with Gasteiger partial charge in [-0.3, -0.25) is 0 Å². The van der Waals surface area contributed by atoms with E-state index in [1.54, 1.807) is 0 Å². The van der Waals surface area contributed by atoms with Crippen molar-refractivity contribution >= 4 is 11.6 Å². The first-order valence-electron chi connectivity index (χ1n) is 7.83. The maximum absolute atomic E-state index is 6.03. The van der Waals surface area contributed by atoms with Crippen LogP contribution in [0, 0.1) is 5.92 Å². The number of benzene rings is 2.